The molecule has 1 saturated heterocycles. The summed E-state index contributed by atoms with van der Waals surface area (Å²) in [7, 11) is 0. The lowest BCUT2D eigenvalue weighted by molar-refractivity contribution is -0.148. The van der Waals surface area contributed by atoms with E-state index in [1.807, 2.05) is 0 Å². The Bertz CT molecular complexity index is 480. The Morgan fingerprint density at radius 2 is 2.17 bits per heavy atom. The van der Waals surface area contributed by atoms with Crippen LogP contribution >= 0.6 is 0 Å². The van der Waals surface area contributed by atoms with Crippen LogP contribution in [0.2, 0.25) is 0 Å². The Morgan fingerprint density at radius 3 is 2.78 bits per heavy atom. The first-order chi connectivity index (χ1) is 8.38. The predicted molar refractivity (Wildman–Crippen MR) is 61.5 cm³/mol. The van der Waals surface area contributed by atoms with Crippen LogP contribution in [0.1, 0.15) is 25.6 Å². The lowest BCUT2D eigenvalue weighted by Crippen LogP contribution is -2.64. The van der Waals surface area contributed by atoms with Crippen LogP contribution in [0.25, 0.3) is 0 Å². The number of aromatic nitrogens is 2. The molecule has 18 heavy (non-hydrogen) atoms. The summed E-state index contributed by atoms with van der Waals surface area (Å²) in [6.45, 7) is 5.59. The maximum atomic E-state index is 12.1. The molecule has 98 valence electrons. The van der Waals surface area contributed by atoms with Gasteiger partial charge in [0.15, 0.2) is 5.82 Å². The molecule has 1 fully saturated rings. The van der Waals surface area contributed by atoms with Crippen LogP contribution in [0.5, 0.6) is 0 Å². The molecule has 0 bridgehead atoms. The Hall–Kier alpha value is -1.92. The maximum absolute atomic E-state index is 12.1. The zero-order valence-corrected chi connectivity index (χ0v) is 10.7. The molecule has 0 atom stereocenters. The highest BCUT2D eigenvalue weighted by Crippen LogP contribution is 2.13. The van der Waals surface area contributed by atoms with Gasteiger partial charge in [0, 0.05) is 19.9 Å². The molecular formula is C11H16N4O3. The summed E-state index contributed by atoms with van der Waals surface area (Å²) in [4.78, 5) is 29.1. The fraction of sp³-hybridized carbons (Fsp3) is 0.636. The number of amides is 2. The second-order valence-electron chi connectivity index (χ2n) is 4.88. The number of aryl methyl sites for hydroxylation is 1. The summed E-state index contributed by atoms with van der Waals surface area (Å²) in [5.74, 6) is 0.795. The fourth-order valence-corrected chi connectivity index (χ4v) is 1.94. The van der Waals surface area contributed by atoms with E-state index in [1.54, 1.807) is 20.8 Å². The molecule has 0 unspecified atom stereocenters. The van der Waals surface area contributed by atoms with Gasteiger partial charge in [-0.05, 0) is 13.8 Å². The Balaban J connectivity index is 2.00. The van der Waals surface area contributed by atoms with Crippen LogP contribution in [0.15, 0.2) is 4.52 Å². The van der Waals surface area contributed by atoms with Gasteiger partial charge in [-0.2, -0.15) is 4.98 Å². The molecule has 0 saturated carbocycles. The van der Waals surface area contributed by atoms with Crippen molar-refractivity contribution in [1.82, 2.24) is 20.4 Å². The Morgan fingerprint density at radius 1 is 1.44 bits per heavy atom. The van der Waals surface area contributed by atoms with E-state index in [0.29, 0.717) is 24.7 Å². The Kier molecular flexibility index (Phi) is 3.06. The molecule has 1 N–H and O–H groups in total. The summed E-state index contributed by atoms with van der Waals surface area (Å²) in [5, 5.41) is 6.41. The minimum Gasteiger partial charge on any atom is -0.341 e. The predicted octanol–water partition coefficient (Wildman–Crippen LogP) is -0.342. The van der Waals surface area contributed by atoms with Gasteiger partial charge >= 0.3 is 0 Å². The second kappa shape index (κ2) is 4.40. The third-order valence-electron chi connectivity index (χ3n) is 2.78. The quantitative estimate of drug-likeness (QED) is 0.795. The number of hydrogen-bond acceptors (Lipinski definition) is 5. The minimum atomic E-state index is -0.845. The van der Waals surface area contributed by atoms with Gasteiger partial charge in [0.1, 0.15) is 5.54 Å². The van der Waals surface area contributed by atoms with E-state index in [4.69, 9.17) is 4.52 Å². The monoisotopic (exact) mass is 252 g/mol. The van der Waals surface area contributed by atoms with Gasteiger partial charge in [0.2, 0.25) is 17.7 Å². The van der Waals surface area contributed by atoms with E-state index in [-0.39, 0.29) is 18.4 Å². The van der Waals surface area contributed by atoms with Gasteiger partial charge in [0.25, 0.3) is 0 Å². The summed E-state index contributed by atoms with van der Waals surface area (Å²) < 4.78 is 4.85. The van der Waals surface area contributed by atoms with Gasteiger partial charge in [0.05, 0.1) is 6.54 Å². The zero-order chi connectivity index (χ0) is 13.3. The van der Waals surface area contributed by atoms with Gasteiger partial charge in [-0.1, -0.05) is 5.16 Å². The average molecular weight is 252 g/mol. The first-order valence-electron chi connectivity index (χ1n) is 5.78. The van der Waals surface area contributed by atoms with Crippen molar-refractivity contribution in [2.24, 2.45) is 0 Å². The number of carbonyl (C=O) groups excluding carboxylic acids is 2. The second-order valence-corrected chi connectivity index (χ2v) is 4.88. The van der Waals surface area contributed by atoms with Crippen molar-refractivity contribution in [2.75, 3.05) is 13.1 Å². The molecular weight excluding hydrogens is 236 g/mol. The highest BCUT2D eigenvalue weighted by atomic mass is 16.5. The average Bonchev–Trinajstić information content (AvgIpc) is 2.67. The molecule has 1 aromatic rings. The van der Waals surface area contributed by atoms with Crippen molar-refractivity contribution in [3.05, 3.63) is 11.7 Å². The molecule has 1 aliphatic heterocycles. The normalized spacial score (nSPS) is 18.9. The fourth-order valence-electron chi connectivity index (χ4n) is 1.94. The van der Waals surface area contributed by atoms with Crippen molar-refractivity contribution in [2.45, 2.75) is 32.7 Å². The molecule has 0 radical (unpaired) electrons. The first-order valence-corrected chi connectivity index (χ1v) is 5.78. The number of hydrogen-bond donors (Lipinski definition) is 1. The number of carbonyl (C=O) groups is 2. The van der Waals surface area contributed by atoms with Gasteiger partial charge < -0.3 is 14.7 Å². The third-order valence-corrected chi connectivity index (χ3v) is 2.78. The summed E-state index contributed by atoms with van der Waals surface area (Å²) in [6, 6.07) is 0. The highest BCUT2D eigenvalue weighted by molar-refractivity contribution is 5.97. The number of nitrogens with one attached hydrogen (secondary N) is 1. The van der Waals surface area contributed by atoms with Crippen LogP contribution < -0.4 is 5.32 Å². The molecule has 0 spiro atoms. The molecule has 0 aliphatic carbocycles. The molecule has 7 nitrogen and oxygen atoms in total. The molecule has 7 heteroatoms. The van der Waals surface area contributed by atoms with Crippen LogP contribution in [-0.4, -0.2) is 45.5 Å². The van der Waals surface area contributed by atoms with Crippen LogP contribution in [-0.2, 0) is 16.0 Å². The molecule has 1 aromatic heterocycles. The van der Waals surface area contributed by atoms with Crippen molar-refractivity contribution >= 4 is 11.8 Å². The largest absolute Gasteiger partial charge is 0.341 e. The van der Waals surface area contributed by atoms with E-state index in [1.165, 1.54) is 4.90 Å². The first kappa shape index (κ1) is 12.5. The van der Waals surface area contributed by atoms with E-state index in [9.17, 15) is 9.59 Å². The van der Waals surface area contributed by atoms with E-state index < -0.39 is 5.54 Å². The van der Waals surface area contributed by atoms with E-state index in [2.05, 4.69) is 15.5 Å². The topological polar surface area (TPSA) is 88.3 Å². The SMILES string of the molecule is Cc1nc(CCN2CC(=O)NC(C)(C)C2=O)no1. The number of nitrogens with zero attached hydrogens (tertiary/aromatic N) is 3. The lowest BCUT2D eigenvalue weighted by atomic mass is 10.0. The number of rotatable bonds is 3. The van der Waals surface area contributed by atoms with E-state index in [0.717, 1.165) is 0 Å². The third kappa shape index (κ3) is 2.49. The zero-order valence-electron chi connectivity index (χ0n) is 10.7. The smallest absolute Gasteiger partial charge is 0.248 e. The van der Waals surface area contributed by atoms with E-state index >= 15 is 0 Å². The van der Waals surface area contributed by atoms with Crippen molar-refractivity contribution < 1.29 is 14.1 Å². The van der Waals surface area contributed by atoms with Crippen molar-refractivity contribution in [1.29, 1.82) is 0 Å². The summed E-state index contributed by atoms with van der Waals surface area (Å²) >= 11 is 0. The van der Waals surface area contributed by atoms with Gasteiger partial charge in [-0.15, -0.1) is 0 Å². The summed E-state index contributed by atoms with van der Waals surface area (Å²) in [6.07, 6.45) is 0.479. The Labute approximate surface area is 105 Å². The number of piperazine rings is 1. The van der Waals surface area contributed by atoms with Gasteiger partial charge in [-0.25, -0.2) is 0 Å². The molecule has 2 heterocycles. The summed E-state index contributed by atoms with van der Waals surface area (Å²) in [5.41, 5.74) is -0.845. The standard InChI is InChI=1S/C11H16N4O3/c1-7-12-8(14-18-7)4-5-15-6-9(16)13-11(2,3)10(15)17/h4-6H2,1-3H3,(H,13,16). The molecule has 2 amide bonds. The van der Waals surface area contributed by atoms with Crippen molar-refractivity contribution in [3.8, 4) is 0 Å². The highest BCUT2D eigenvalue weighted by Gasteiger charge is 2.38. The van der Waals surface area contributed by atoms with Crippen LogP contribution in [0.4, 0.5) is 0 Å². The molecule has 1 aliphatic rings. The van der Waals surface area contributed by atoms with Gasteiger partial charge in [-0.3, -0.25) is 9.59 Å². The molecule has 2 rings (SSSR count). The van der Waals surface area contributed by atoms with Crippen LogP contribution in [0, 0.1) is 6.92 Å². The molecule has 0 aromatic carbocycles. The minimum absolute atomic E-state index is 0.0824. The van der Waals surface area contributed by atoms with Crippen molar-refractivity contribution in [3.63, 3.8) is 0 Å². The lowest BCUT2D eigenvalue weighted by Gasteiger charge is -2.37. The van der Waals surface area contributed by atoms with Crippen LogP contribution in [0.3, 0.4) is 0 Å². The maximum Gasteiger partial charge on any atom is 0.248 e.